The van der Waals surface area contributed by atoms with E-state index >= 15 is 0 Å². The summed E-state index contributed by atoms with van der Waals surface area (Å²) in [6.45, 7) is 2.94. The van der Waals surface area contributed by atoms with Gasteiger partial charge in [-0.05, 0) is 12.8 Å². The molecule has 9 nitrogen and oxygen atoms in total. The van der Waals surface area contributed by atoms with Crippen molar-refractivity contribution in [1.82, 2.24) is 29.6 Å². The SMILES string of the molecule is COCCn1ccnc1C1CCCN(C(=O)CCc2nc(N)n[nH]2)C1. The van der Waals surface area contributed by atoms with Crippen LogP contribution in [0.1, 0.15) is 36.8 Å². The lowest BCUT2D eigenvalue weighted by atomic mass is 9.96. The number of H-pyrrole nitrogens is 1. The van der Waals surface area contributed by atoms with Crippen LogP contribution in [-0.2, 0) is 22.5 Å². The smallest absolute Gasteiger partial charge is 0.239 e. The summed E-state index contributed by atoms with van der Waals surface area (Å²) in [5, 5.41) is 6.52. The van der Waals surface area contributed by atoms with Gasteiger partial charge in [0.2, 0.25) is 11.9 Å². The van der Waals surface area contributed by atoms with Crippen LogP contribution in [-0.4, -0.2) is 62.3 Å². The number of nitrogens with two attached hydrogens (primary N) is 1. The summed E-state index contributed by atoms with van der Waals surface area (Å²) in [5.74, 6) is 2.30. The van der Waals surface area contributed by atoms with Gasteiger partial charge in [-0.25, -0.2) is 4.98 Å². The molecule has 136 valence electrons. The molecule has 1 aliphatic heterocycles. The molecule has 0 saturated carbocycles. The quantitative estimate of drug-likeness (QED) is 0.756. The molecule has 25 heavy (non-hydrogen) atoms. The van der Waals surface area contributed by atoms with E-state index in [1.165, 1.54) is 0 Å². The summed E-state index contributed by atoms with van der Waals surface area (Å²) in [4.78, 5) is 23.0. The van der Waals surface area contributed by atoms with Crippen molar-refractivity contribution in [2.45, 2.75) is 38.1 Å². The Balaban J connectivity index is 1.57. The first-order valence-electron chi connectivity index (χ1n) is 8.62. The minimum absolute atomic E-state index is 0.134. The third kappa shape index (κ3) is 4.36. The number of nitrogen functional groups attached to an aromatic ring is 1. The van der Waals surface area contributed by atoms with Crippen LogP contribution in [0.25, 0.3) is 0 Å². The van der Waals surface area contributed by atoms with Crippen molar-refractivity contribution >= 4 is 11.9 Å². The Kier molecular flexibility index (Phi) is 5.64. The Morgan fingerprint density at radius 1 is 1.52 bits per heavy atom. The molecule has 0 radical (unpaired) electrons. The predicted octanol–water partition coefficient (Wildman–Crippen LogP) is 0.569. The van der Waals surface area contributed by atoms with Crippen LogP contribution in [0, 0.1) is 0 Å². The topological polar surface area (TPSA) is 115 Å². The van der Waals surface area contributed by atoms with Gasteiger partial charge in [-0.3, -0.25) is 9.89 Å². The number of likely N-dealkylation sites (tertiary alicyclic amines) is 1. The number of aromatic nitrogens is 5. The van der Waals surface area contributed by atoms with Crippen LogP contribution < -0.4 is 5.73 Å². The lowest BCUT2D eigenvalue weighted by Crippen LogP contribution is -2.40. The Morgan fingerprint density at radius 2 is 2.40 bits per heavy atom. The maximum Gasteiger partial charge on any atom is 0.239 e. The first-order valence-corrected chi connectivity index (χ1v) is 8.62. The van der Waals surface area contributed by atoms with Crippen molar-refractivity contribution in [2.24, 2.45) is 0 Å². The number of hydrogen-bond donors (Lipinski definition) is 2. The number of amides is 1. The molecule has 0 bridgehead atoms. The van der Waals surface area contributed by atoms with Crippen molar-refractivity contribution in [3.63, 3.8) is 0 Å². The zero-order valence-electron chi connectivity index (χ0n) is 14.5. The molecule has 3 heterocycles. The summed E-state index contributed by atoms with van der Waals surface area (Å²) in [6, 6.07) is 0. The van der Waals surface area contributed by atoms with Gasteiger partial charge in [-0.15, -0.1) is 5.10 Å². The molecule has 0 spiro atoms. The average Bonchev–Trinajstić information content (AvgIpc) is 3.26. The Bertz CT molecular complexity index is 696. The molecule has 1 saturated heterocycles. The van der Waals surface area contributed by atoms with E-state index in [1.54, 1.807) is 7.11 Å². The number of aromatic amines is 1. The van der Waals surface area contributed by atoms with Crippen LogP contribution >= 0.6 is 0 Å². The monoisotopic (exact) mass is 347 g/mol. The van der Waals surface area contributed by atoms with Crippen molar-refractivity contribution in [3.8, 4) is 0 Å². The third-order valence-corrected chi connectivity index (χ3v) is 4.55. The molecule has 1 aliphatic rings. The number of ether oxygens (including phenoxy) is 1. The first-order chi connectivity index (χ1) is 12.2. The van der Waals surface area contributed by atoms with Gasteiger partial charge in [0.1, 0.15) is 11.6 Å². The molecule has 0 aliphatic carbocycles. The van der Waals surface area contributed by atoms with Crippen molar-refractivity contribution < 1.29 is 9.53 Å². The standard InChI is InChI=1S/C16H25N7O2/c1-25-10-9-22-8-6-18-15(22)12-3-2-7-23(11-12)14(24)5-4-13-19-16(17)21-20-13/h6,8,12H,2-5,7,9-11H2,1H3,(H3,17,19,20,21). The van der Waals surface area contributed by atoms with E-state index in [-0.39, 0.29) is 17.8 Å². The molecular formula is C16H25N7O2. The number of rotatable bonds is 7. The third-order valence-electron chi connectivity index (χ3n) is 4.55. The van der Waals surface area contributed by atoms with Gasteiger partial charge < -0.3 is 19.9 Å². The molecule has 2 aromatic heterocycles. The molecular weight excluding hydrogens is 322 g/mol. The van der Waals surface area contributed by atoms with E-state index in [0.29, 0.717) is 31.8 Å². The van der Waals surface area contributed by atoms with Gasteiger partial charge in [0.15, 0.2) is 0 Å². The van der Waals surface area contributed by atoms with Gasteiger partial charge in [0.25, 0.3) is 0 Å². The fraction of sp³-hybridized carbons (Fsp3) is 0.625. The predicted molar refractivity (Wildman–Crippen MR) is 91.8 cm³/mol. The van der Waals surface area contributed by atoms with E-state index < -0.39 is 0 Å². The maximum absolute atomic E-state index is 12.5. The number of nitrogens with one attached hydrogen (secondary N) is 1. The number of carbonyl (C=O) groups is 1. The van der Waals surface area contributed by atoms with Crippen molar-refractivity contribution in [3.05, 3.63) is 24.0 Å². The van der Waals surface area contributed by atoms with E-state index in [0.717, 1.165) is 31.8 Å². The number of hydrogen-bond acceptors (Lipinski definition) is 6. The highest BCUT2D eigenvalue weighted by atomic mass is 16.5. The van der Waals surface area contributed by atoms with Gasteiger partial charge in [0.05, 0.1) is 6.61 Å². The molecule has 2 aromatic rings. The van der Waals surface area contributed by atoms with Crippen LogP contribution in [0.4, 0.5) is 5.95 Å². The van der Waals surface area contributed by atoms with Gasteiger partial charge in [-0.1, -0.05) is 0 Å². The Hall–Kier alpha value is -2.42. The zero-order chi connectivity index (χ0) is 17.6. The number of carbonyl (C=O) groups excluding carboxylic acids is 1. The number of methoxy groups -OCH3 is 1. The second kappa shape index (κ2) is 8.11. The lowest BCUT2D eigenvalue weighted by molar-refractivity contribution is -0.132. The largest absolute Gasteiger partial charge is 0.383 e. The molecule has 1 fully saturated rings. The number of imidazole rings is 1. The summed E-state index contributed by atoms with van der Waals surface area (Å²) in [5.41, 5.74) is 5.48. The number of anilines is 1. The fourth-order valence-corrected chi connectivity index (χ4v) is 3.28. The van der Waals surface area contributed by atoms with Crippen LogP contribution in [0.5, 0.6) is 0 Å². The Labute approximate surface area is 146 Å². The normalized spacial score (nSPS) is 17.8. The highest BCUT2D eigenvalue weighted by Gasteiger charge is 2.27. The van der Waals surface area contributed by atoms with Gasteiger partial charge in [0, 0.05) is 57.9 Å². The minimum atomic E-state index is 0.134. The molecule has 1 amide bonds. The summed E-state index contributed by atoms with van der Waals surface area (Å²) in [6.07, 6.45) is 6.75. The Morgan fingerprint density at radius 3 is 3.16 bits per heavy atom. The fourth-order valence-electron chi connectivity index (χ4n) is 3.28. The molecule has 9 heteroatoms. The van der Waals surface area contributed by atoms with Crippen LogP contribution in [0.3, 0.4) is 0 Å². The van der Waals surface area contributed by atoms with E-state index in [9.17, 15) is 4.79 Å². The number of piperidine rings is 1. The number of aryl methyl sites for hydroxylation is 1. The van der Waals surface area contributed by atoms with Crippen LogP contribution in [0.2, 0.25) is 0 Å². The van der Waals surface area contributed by atoms with Crippen molar-refractivity contribution in [2.75, 3.05) is 32.5 Å². The zero-order valence-corrected chi connectivity index (χ0v) is 14.5. The highest BCUT2D eigenvalue weighted by Crippen LogP contribution is 2.26. The molecule has 1 unspecified atom stereocenters. The maximum atomic E-state index is 12.5. The minimum Gasteiger partial charge on any atom is -0.383 e. The average molecular weight is 347 g/mol. The van der Waals surface area contributed by atoms with Gasteiger partial charge in [-0.2, -0.15) is 4.98 Å². The molecule has 0 aromatic carbocycles. The van der Waals surface area contributed by atoms with Crippen LogP contribution in [0.15, 0.2) is 12.4 Å². The van der Waals surface area contributed by atoms with Gasteiger partial charge >= 0.3 is 0 Å². The second-order valence-corrected chi connectivity index (χ2v) is 6.29. The van der Waals surface area contributed by atoms with E-state index in [2.05, 4.69) is 24.7 Å². The second-order valence-electron chi connectivity index (χ2n) is 6.29. The summed E-state index contributed by atoms with van der Waals surface area (Å²) in [7, 11) is 1.69. The highest BCUT2D eigenvalue weighted by molar-refractivity contribution is 5.76. The molecule has 3 rings (SSSR count). The van der Waals surface area contributed by atoms with Crippen molar-refractivity contribution in [1.29, 1.82) is 0 Å². The molecule has 3 N–H and O–H groups in total. The molecule has 1 atom stereocenters. The number of nitrogens with zero attached hydrogens (tertiary/aromatic N) is 5. The first kappa shape index (κ1) is 17.4. The van der Waals surface area contributed by atoms with E-state index in [1.807, 2.05) is 17.3 Å². The summed E-state index contributed by atoms with van der Waals surface area (Å²) >= 11 is 0. The van der Waals surface area contributed by atoms with E-state index in [4.69, 9.17) is 10.5 Å². The lowest BCUT2D eigenvalue weighted by Gasteiger charge is -2.32. The summed E-state index contributed by atoms with van der Waals surface area (Å²) < 4.78 is 7.28.